The molecular weight excluding hydrogens is 269 g/mol. The van der Waals surface area contributed by atoms with Crippen LogP contribution in [0.3, 0.4) is 0 Å². The summed E-state index contributed by atoms with van der Waals surface area (Å²) >= 11 is 13.0. The second-order valence-electron chi connectivity index (χ2n) is 3.29. The molecule has 0 saturated heterocycles. The van der Waals surface area contributed by atoms with Gasteiger partial charge in [0.05, 0.1) is 12.2 Å². The molecule has 0 aliphatic heterocycles. The molecule has 1 amide bonds. The third kappa shape index (κ3) is 2.03. The number of hydrogen-bond acceptors (Lipinski definition) is 3. The fourth-order valence-corrected chi connectivity index (χ4v) is 2.58. The lowest BCUT2D eigenvalue weighted by molar-refractivity contribution is -0.127. The number of amides is 1. The first-order chi connectivity index (χ1) is 7.63. The molecule has 16 heavy (non-hydrogen) atoms. The van der Waals surface area contributed by atoms with Crippen molar-refractivity contribution in [2.75, 3.05) is 12.9 Å². The smallest absolute Gasteiger partial charge is 0.237 e. The molecule has 0 bridgehead atoms. The molecule has 0 aliphatic carbocycles. The second-order valence-corrected chi connectivity index (χ2v) is 4.79. The van der Waals surface area contributed by atoms with Crippen molar-refractivity contribution in [1.29, 1.82) is 0 Å². The summed E-state index contributed by atoms with van der Waals surface area (Å²) in [6.45, 7) is 0.405. The Morgan fingerprint density at radius 2 is 2.44 bits per heavy atom. The molecule has 0 atom stereocenters. The Morgan fingerprint density at radius 1 is 1.69 bits per heavy atom. The Labute approximate surface area is 106 Å². The lowest BCUT2D eigenvalue weighted by Gasteiger charge is -2.15. The monoisotopic (exact) mass is 277 g/mol. The van der Waals surface area contributed by atoms with Crippen LogP contribution in [0.25, 0.3) is 4.96 Å². The SMILES string of the molecule is CN(Cc1c(Cl)nc2sccn12)C(=O)CCl. The number of carbonyl (C=O) groups excluding carboxylic acids is 1. The quantitative estimate of drug-likeness (QED) is 0.807. The largest absolute Gasteiger partial charge is 0.339 e. The summed E-state index contributed by atoms with van der Waals surface area (Å²) < 4.78 is 1.88. The highest BCUT2D eigenvalue weighted by molar-refractivity contribution is 7.15. The number of halogens is 2. The van der Waals surface area contributed by atoms with Gasteiger partial charge in [-0.05, 0) is 0 Å². The predicted octanol–water partition coefficient (Wildman–Crippen LogP) is 2.25. The lowest BCUT2D eigenvalue weighted by atomic mass is 10.4. The molecule has 0 saturated carbocycles. The van der Waals surface area contributed by atoms with Crippen molar-refractivity contribution in [2.24, 2.45) is 0 Å². The Bertz CT molecular complexity index is 522. The second kappa shape index (κ2) is 4.61. The van der Waals surface area contributed by atoms with Gasteiger partial charge in [-0.3, -0.25) is 9.20 Å². The van der Waals surface area contributed by atoms with Crippen molar-refractivity contribution < 1.29 is 4.79 Å². The van der Waals surface area contributed by atoms with Crippen LogP contribution in [0.4, 0.5) is 0 Å². The van der Waals surface area contributed by atoms with E-state index in [0.717, 1.165) is 10.7 Å². The molecule has 0 fully saturated rings. The third-order valence-electron chi connectivity index (χ3n) is 2.24. The number of fused-ring (bicyclic) bond motifs is 1. The molecular formula is C9H9Cl2N3OS. The van der Waals surface area contributed by atoms with E-state index in [-0.39, 0.29) is 11.8 Å². The molecule has 86 valence electrons. The van der Waals surface area contributed by atoms with E-state index in [1.165, 1.54) is 16.2 Å². The zero-order valence-corrected chi connectivity index (χ0v) is 10.8. The average molecular weight is 278 g/mol. The summed E-state index contributed by atoms with van der Waals surface area (Å²) in [7, 11) is 1.69. The lowest BCUT2D eigenvalue weighted by Crippen LogP contribution is -2.27. The Balaban J connectivity index is 2.29. The standard InChI is InChI=1S/C9H9Cl2N3OS/c1-13(7(15)4-10)5-6-8(11)12-9-14(6)2-3-16-9/h2-3H,4-5H2,1H3. The number of imidazole rings is 1. The number of aromatic nitrogens is 2. The van der Waals surface area contributed by atoms with Crippen LogP contribution >= 0.6 is 34.5 Å². The van der Waals surface area contributed by atoms with Gasteiger partial charge in [-0.2, -0.15) is 0 Å². The first-order valence-electron chi connectivity index (χ1n) is 4.53. The van der Waals surface area contributed by atoms with Crippen LogP contribution in [0, 0.1) is 0 Å². The Kier molecular flexibility index (Phi) is 3.37. The van der Waals surface area contributed by atoms with Crippen molar-refractivity contribution in [3.63, 3.8) is 0 Å². The number of nitrogens with zero attached hydrogens (tertiary/aromatic N) is 3. The predicted molar refractivity (Wildman–Crippen MR) is 65.3 cm³/mol. The molecule has 0 aliphatic rings. The normalized spacial score (nSPS) is 10.9. The van der Waals surface area contributed by atoms with Crippen LogP contribution in [-0.2, 0) is 11.3 Å². The van der Waals surface area contributed by atoms with E-state index in [1.54, 1.807) is 7.05 Å². The van der Waals surface area contributed by atoms with E-state index < -0.39 is 0 Å². The Morgan fingerprint density at radius 3 is 3.12 bits per heavy atom. The summed E-state index contributed by atoms with van der Waals surface area (Å²) in [4.78, 5) is 17.9. The zero-order valence-electron chi connectivity index (χ0n) is 8.48. The first kappa shape index (κ1) is 11.7. The molecule has 0 unspecified atom stereocenters. The maximum absolute atomic E-state index is 11.3. The molecule has 0 aromatic carbocycles. The number of alkyl halides is 1. The molecule has 4 nitrogen and oxygen atoms in total. The van der Waals surface area contributed by atoms with Crippen molar-refractivity contribution in [2.45, 2.75) is 6.54 Å². The van der Waals surface area contributed by atoms with Crippen molar-refractivity contribution in [1.82, 2.24) is 14.3 Å². The molecule has 0 spiro atoms. The van der Waals surface area contributed by atoms with Gasteiger partial charge < -0.3 is 4.90 Å². The van der Waals surface area contributed by atoms with Gasteiger partial charge in [0.15, 0.2) is 10.1 Å². The van der Waals surface area contributed by atoms with Crippen LogP contribution in [0.15, 0.2) is 11.6 Å². The van der Waals surface area contributed by atoms with E-state index in [4.69, 9.17) is 23.2 Å². The molecule has 0 N–H and O–H groups in total. The minimum atomic E-state index is -0.136. The van der Waals surface area contributed by atoms with Gasteiger partial charge in [-0.15, -0.1) is 22.9 Å². The molecule has 7 heteroatoms. The minimum absolute atomic E-state index is 0.0281. The van der Waals surface area contributed by atoms with Crippen LogP contribution in [0.2, 0.25) is 5.15 Å². The first-order valence-corrected chi connectivity index (χ1v) is 6.32. The maximum Gasteiger partial charge on any atom is 0.237 e. The summed E-state index contributed by atoms with van der Waals surface area (Å²) in [5.41, 5.74) is 0.805. The topological polar surface area (TPSA) is 37.6 Å². The highest BCUT2D eigenvalue weighted by Crippen LogP contribution is 2.22. The third-order valence-corrected chi connectivity index (χ3v) is 3.53. The summed E-state index contributed by atoms with van der Waals surface area (Å²) in [6.07, 6.45) is 1.88. The molecule has 2 heterocycles. The van der Waals surface area contributed by atoms with Gasteiger partial charge in [0.2, 0.25) is 5.91 Å². The van der Waals surface area contributed by atoms with E-state index in [1.807, 2.05) is 16.0 Å². The Hall–Kier alpha value is -0.780. The fourth-order valence-electron chi connectivity index (χ4n) is 1.36. The molecule has 2 rings (SSSR count). The maximum atomic E-state index is 11.3. The zero-order chi connectivity index (χ0) is 11.7. The number of rotatable bonds is 3. The summed E-state index contributed by atoms with van der Waals surface area (Å²) in [6, 6.07) is 0. The van der Waals surface area contributed by atoms with E-state index in [2.05, 4.69) is 4.98 Å². The molecule has 2 aromatic heterocycles. The van der Waals surface area contributed by atoms with Gasteiger partial charge in [0.25, 0.3) is 0 Å². The summed E-state index contributed by atoms with van der Waals surface area (Å²) in [5.74, 6) is -0.164. The van der Waals surface area contributed by atoms with E-state index in [9.17, 15) is 4.79 Å². The molecule has 0 radical (unpaired) electrons. The van der Waals surface area contributed by atoms with Crippen LogP contribution < -0.4 is 0 Å². The van der Waals surface area contributed by atoms with Gasteiger partial charge in [-0.25, -0.2) is 4.98 Å². The number of thiazole rings is 1. The fraction of sp³-hybridized carbons (Fsp3) is 0.333. The van der Waals surface area contributed by atoms with Crippen molar-refractivity contribution >= 4 is 45.4 Å². The van der Waals surface area contributed by atoms with E-state index in [0.29, 0.717) is 11.7 Å². The summed E-state index contributed by atoms with van der Waals surface area (Å²) in [5, 5.41) is 2.35. The van der Waals surface area contributed by atoms with Gasteiger partial charge in [0, 0.05) is 18.6 Å². The van der Waals surface area contributed by atoms with Gasteiger partial charge in [-0.1, -0.05) is 11.6 Å². The number of hydrogen-bond donors (Lipinski definition) is 0. The number of carbonyl (C=O) groups is 1. The highest BCUT2D eigenvalue weighted by atomic mass is 35.5. The van der Waals surface area contributed by atoms with Crippen LogP contribution in [-0.4, -0.2) is 33.1 Å². The van der Waals surface area contributed by atoms with E-state index >= 15 is 0 Å². The minimum Gasteiger partial charge on any atom is -0.339 e. The van der Waals surface area contributed by atoms with Crippen molar-refractivity contribution in [3.8, 4) is 0 Å². The van der Waals surface area contributed by atoms with Crippen molar-refractivity contribution in [3.05, 3.63) is 22.4 Å². The van der Waals surface area contributed by atoms with Gasteiger partial charge >= 0.3 is 0 Å². The average Bonchev–Trinajstić information content (AvgIpc) is 2.81. The highest BCUT2D eigenvalue weighted by Gasteiger charge is 2.15. The van der Waals surface area contributed by atoms with Crippen LogP contribution in [0.1, 0.15) is 5.69 Å². The van der Waals surface area contributed by atoms with Crippen LogP contribution in [0.5, 0.6) is 0 Å². The van der Waals surface area contributed by atoms with Gasteiger partial charge in [0.1, 0.15) is 5.88 Å². The molecule has 2 aromatic rings.